The Labute approximate surface area is 242 Å². The van der Waals surface area contributed by atoms with Gasteiger partial charge in [-0.3, -0.25) is 4.72 Å². The van der Waals surface area contributed by atoms with E-state index in [-0.39, 0.29) is 17.7 Å². The molecule has 12 nitrogen and oxygen atoms in total. The molecule has 1 amide bonds. The summed E-state index contributed by atoms with van der Waals surface area (Å²) in [6, 6.07) is 10.1. The minimum absolute atomic E-state index is 0.00586. The van der Waals surface area contributed by atoms with E-state index in [1.807, 2.05) is 25.7 Å². The Hall–Kier alpha value is -4.59. The number of methoxy groups -OCH3 is 1. The van der Waals surface area contributed by atoms with Crippen molar-refractivity contribution in [2.75, 3.05) is 42.9 Å². The number of carbonyl (C=O) groups is 1. The van der Waals surface area contributed by atoms with Gasteiger partial charge in [0, 0.05) is 37.9 Å². The lowest BCUT2D eigenvalue weighted by molar-refractivity contribution is 0.0240. The van der Waals surface area contributed by atoms with Gasteiger partial charge < -0.3 is 19.3 Å². The first-order chi connectivity index (χ1) is 19.9. The normalized spacial score (nSPS) is 14.1. The summed E-state index contributed by atoms with van der Waals surface area (Å²) in [6.07, 6.45) is 2.60. The number of benzene rings is 1. The van der Waals surface area contributed by atoms with E-state index in [0.29, 0.717) is 54.3 Å². The van der Waals surface area contributed by atoms with Crippen molar-refractivity contribution in [1.29, 1.82) is 0 Å². The zero-order chi connectivity index (χ0) is 30.1. The molecule has 220 valence electrons. The van der Waals surface area contributed by atoms with Crippen LogP contribution in [0.4, 0.5) is 20.7 Å². The Balaban J connectivity index is 1.43. The Morgan fingerprint density at radius 2 is 1.76 bits per heavy atom. The van der Waals surface area contributed by atoms with Gasteiger partial charge in [0.15, 0.2) is 5.82 Å². The first kappa shape index (κ1) is 28.9. The molecular weight excluding hydrogens is 565 g/mol. The summed E-state index contributed by atoms with van der Waals surface area (Å²) >= 11 is 0. The predicted molar refractivity (Wildman–Crippen MR) is 154 cm³/mol. The van der Waals surface area contributed by atoms with E-state index in [9.17, 15) is 17.6 Å². The maximum Gasteiger partial charge on any atom is 0.410 e. The SMILES string of the molecule is COc1ncc(-c2ccc3ncnc(N4CCN(C(=O)OC(C)(C)C)CC4)c3n2)cc1NS(=O)(=O)c1ccccc1F. The highest BCUT2D eigenvalue weighted by molar-refractivity contribution is 7.92. The number of fused-ring (bicyclic) bond motifs is 1. The first-order valence-electron chi connectivity index (χ1n) is 13.1. The van der Waals surface area contributed by atoms with E-state index >= 15 is 0 Å². The van der Waals surface area contributed by atoms with E-state index in [1.165, 1.54) is 43.9 Å². The molecule has 0 saturated carbocycles. The summed E-state index contributed by atoms with van der Waals surface area (Å²) in [5.41, 5.74) is 1.54. The van der Waals surface area contributed by atoms with E-state index in [2.05, 4.69) is 19.7 Å². The van der Waals surface area contributed by atoms with Crippen LogP contribution in [0.15, 0.2) is 59.9 Å². The molecular formula is C28H30FN7O5S. The van der Waals surface area contributed by atoms with Crippen LogP contribution in [-0.2, 0) is 14.8 Å². The van der Waals surface area contributed by atoms with Crippen molar-refractivity contribution in [1.82, 2.24) is 24.8 Å². The number of anilines is 2. The number of sulfonamides is 1. The molecule has 3 aromatic heterocycles. The number of amides is 1. The molecule has 42 heavy (non-hydrogen) atoms. The molecule has 0 bridgehead atoms. The van der Waals surface area contributed by atoms with Gasteiger partial charge in [-0.15, -0.1) is 0 Å². The summed E-state index contributed by atoms with van der Waals surface area (Å²) in [5.74, 6) is -0.275. The third kappa shape index (κ3) is 6.17. The fourth-order valence-corrected chi connectivity index (χ4v) is 5.57. The quantitative estimate of drug-likeness (QED) is 0.347. The highest BCUT2D eigenvalue weighted by atomic mass is 32.2. The van der Waals surface area contributed by atoms with Crippen molar-refractivity contribution >= 4 is 38.7 Å². The molecule has 0 radical (unpaired) electrons. The highest BCUT2D eigenvalue weighted by Gasteiger charge is 2.27. The summed E-state index contributed by atoms with van der Waals surface area (Å²) < 4.78 is 53.3. The van der Waals surface area contributed by atoms with Crippen LogP contribution in [-0.4, -0.2) is 78.2 Å². The van der Waals surface area contributed by atoms with Gasteiger partial charge in [0.05, 0.1) is 18.3 Å². The molecule has 1 aromatic carbocycles. The lowest BCUT2D eigenvalue weighted by atomic mass is 10.1. The molecule has 1 aliphatic heterocycles. The van der Waals surface area contributed by atoms with E-state index in [0.717, 1.165) is 6.07 Å². The molecule has 5 rings (SSSR count). The smallest absolute Gasteiger partial charge is 0.410 e. The number of pyridine rings is 2. The summed E-state index contributed by atoms with van der Waals surface area (Å²) in [5, 5.41) is 0. The summed E-state index contributed by atoms with van der Waals surface area (Å²) in [7, 11) is -2.93. The Kier molecular flexibility index (Phi) is 7.82. The van der Waals surface area contributed by atoms with Crippen LogP contribution in [0.2, 0.25) is 0 Å². The Bertz CT molecular complexity index is 1740. The minimum atomic E-state index is -4.28. The molecule has 14 heteroatoms. The van der Waals surface area contributed by atoms with Crippen molar-refractivity contribution in [3.63, 3.8) is 0 Å². The van der Waals surface area contributed by atoms with Crippen molar-refractivity contribution in [2.45, 2.75) is 31.3 Å². The number of hydrogen-bond donors (Lipinski definition) is 1. The van der Waals surface area contributed by atoms with Crippen molar-refractivity contribution in [3.8, 4) is 17.1 Å². The summed E-state index contributed by atoms with van der Waals surface area (Å²) in [4.78, 5) is 33.6. The maximum atomic E-state index is 14.3. The van der Waals surface area contributed by atoms with Crippen LogP contribution < -0.4 is 14.4 Å². The predicted octanol–water partition coefficient (Wildman–Crippen LogP) is 4.09. The monoisotopic (exact) mass is 595 g/mol. The van der Waals surface area contributed by atoms with Crippen molar-refractivity contribution in [3.05, 3.63) is 60.8 Å². The van der Waals surface area contributed by atoms with Crippen LogP contribution in [0.5, 0.6) is 5.88 Å². The number of nitrogens with one attached hydrogen (secondary N) is 1. The summed E-state index contributed by atoms with van der Waals surface area (Å²) in [6.45, 7) is 7.43. The van der Waals surface area contributed by atoms with Gasteiger partial charge in [-0.05, 0) is 51.1 Å². The highest BCUT2D eigenvalue weighted by Crippen LogP contribution is 2.32. The van der Waals surface area contributed by atoms with Crippen molar-refractivity contribution in [2.24, 2.45) is 0 Å². The number of carbonyl (C=O) groups excluding carboxylic acids is 1. The zero-order valence-corrected chi connectivity index (χ0v) is 24.4. The van der Waals surface area contributed by atoms with E-state index in [1.54, 1.807) is 17.0 Å². The molecule has 4 aromatic rings. The Morgan fingerprint density at radius 3 is 2.45 bits per heavy atom. The van der Waals surface area contributed by atoms with Gasteiger partial charge in [-0.2, -0.15) is 0 Å². The molecule has 1 fully saturated rings. The van der Waals surface area contributed by atoms with E-state index in [4.69, 9.17) is 14.5 Å². The van der Waals surface area contributed by atoms with Crippen LogP contribution in [0.3, 0.4) is 0 Å². The third-order valence-corrected chi connectivity index (χ3v) is 7.80. The standard InChI is InChI=1S/C28H30FN7O5S/c1-28(2,3)41-27(37)36-13-11-35(12-14-36)25-24-21(31-17-32-25)10-9-20(33-24)18-15-22(26(40-4)30-16-18)34-42(38,39)23-8-6-5-7-19(23)29/h5-10,15-17,34H,11-14H2,1-4H3. The number of hydrogen-bond acceptors (Lipinski definition) is 10. The fourth-order valence-electron chi connectivity index (χ4n) is 4.44. The number of aromatic nitrogens is 4. The number of ether oxygens (including phenoxy) is 2. The molecule has 0 spiro atoms. The van der Waals surface area contributed by atoms with Crippen LogP contribution in [0.25, 0.3) is 22.3 Å². The Morgan fingerprint density at radius 1 is 1.02 bits per heavy atom. The molecule has 0 atom stereocenters. The minimum Gasteiger partial charge on any atom is -0.480 e. The second-order valence-corrected chi connectivity index (χ2v) is 12.2. The van der Waals surface area contributed by atoms with Gasteiger partial charge >= 0.3 is 6.09 Å². The number of halogens is 1. The van der Waals surface area contributed by atoms with Gasteiger partial charge in [0.1, 0.15) is 33.8 Å². The number of nitrogens with zero attached hydrogens (tertiary/aromatic N) is 6. The molecule has 4 heterocycles. The molecule has 1 N–H and O–H groups in total. The zero-order valence-electron chi connectivity index (χ0n) is 23.5. The third-order valence-electron chi connectivity index (χ3n) is 6.40. The average Bonchev–Trinajstić information content (AvgIpc) is 2.95. The van der Waals surface area contributed by atoms with Gasteiger partial charge in [0.25, 0.3) is 10.0 Å². The topological polar surface area (TPSA) is 140 Å². The van der Waals surface area contributed by atoms with Crippen LogP contribution in [0.1, 0.15) is 20.8 Å². The lowest BCUT2D eigenvalue weighted by Crippen LogP contribution is -2.50. The van der Waals surface area contributed by atoms with Gasteiger partial charge in [0.2, 0.25) is 5.88 Å². The average molecular weight is 596 g/mol. The second-order valence-electron chi connectivity index (χ2n) is 10.5. The first-order valence-corrected chi connectivity index (χ1v) is 14.6. The van der Waals surface area contributed by atoms with Crippen LogP contribution in [0, 0.1) is 5.82 Å². The fraction of sp³-hybridized carbons (Fsp3) is 0.321. The van der Waals surface area contributed by atoms with Gasteiger partial charge in [-0.1, -0.05) is 12.1 Å². The maximum absolute atomic E-state index is 14.3. The molecule has 1 aliphatic rings. The lowest BCUT2D eigenvalue weighted by Gasteiger charge is -2.36. The van der Waals surface area contributed by atoms with Crippen molar-refractivity contribution < 1.29 is 27.1 Å². The van der Waals surface area contributed by atoms with Gasteiger partial charge in [-0.25, -0.2) is 37.5 Å². The number of piperazine rings is 1. The molecule has 0 unspecified atom stereocenters. The largest absolute Gasteiger partial charge is 0.480 e. The second kappa shape index (κ2) is 11.4. The molecule has 0 aliphatic carbocycles. The van der Waals surface area contributed by atoms with Crippen LogP contribution >= 0.6 is 0 Å². The number of rotatable bonds is 6. The molecule has 1 saturated heterocycles. The van der Waals surface area contributed by atoms with E-state index < -0.39 is 26.3 Å².